The van der Waals surface area contributed by atoms with E-state index in [2.05, 4.69) is 6.92 Å². The van der Waals surface area contributed by atoms with Gasteiger partial charge in [-0.25, -0.2) is 0 Å². The second-order valence-corrected chi connectivity index (χ2v) is 7.36. The Labute approximate surface area is 151 Å². The molecule has 1 radical (unpaired) electrons. The molecule has 0 heterocycles. The number of hydrogen-bond donors (Lipinski definition) is 1. The van der Waals surface area contributed by atoms with Crippen LogP contribution in [0.5, 0.6) is 0 Å². The monoisotopic (exact) mass is 339 g/mol. The molecule has 2 heteroatoms. The van der Waals surface area contributed by atoms with Gasteiger partial charge in [-0.15, -0.1) is 0 Å². The summed E-state index contributed by atoms with van der Waals surface area (Å²) in [5, 5.41) is 8.56. The van der Waals surface area contributed by atoms with Crippen LogP contribution >= 0.6 is 0 Å². The van der Waals surface area contributed by atoms with Crippen molar-refractivity contribution < 1.29 is 9.90 Å². The van der Waals surface area contributed by atoms with Gasteiger partial charge in [0.15, 0.2) is 0 Å². The summed E-state index contributed by atoms with van der Waals surface area (Å²) in [6.45, 7) is 3.89. The van der Waals surface area contributed by atoms with E-state index in [0.717, 1.165) is 19.3 Å². The summed E-state index contributed by atoms with van der Waals surface area (Å²) in [7, 11) is 0. The number of carboxylic acid groups (broad SMARTS) is 1. The van der Waals surface area contributed by atoms with Crippen molar-refractivity contribution in [3.63, 3.8) is 0 Å². The molecule has 0 saturated carbocycles. The quantitative estimate of drug-likeness (QED) is 0.231. The SMILES string of the molecule is [CH2]CCCCCCCCCCCCCCCCCCCCC(=O)O. The van der Waals surface area contributed by atoms with Gasteiger partial charge in [0.05, 0.1) is 0 Å². The molecule has 0 saturated heterocycles. The molecule has 0 spiro atoms. The second kappa shape index (κ2) is 20.5. The van der Waals surface area contributed by atoms with Gasteiger partial charge in [-0.1, -0.05) is 122 Å². The van der Waals surface area contributed by atoms with E-state index in [-0.39, 0.29) is 0 Å². The molecule has 143 valence electrons. The number of rotatable bonds is 20. The molecule has 0 atom stereocenters. The molecule has 0 amide bonds. The van der Waals surface area contributed by atoms with Crippen molar-refractivity contribution in [3.8, 4) is 0 Å². The standard InChI is InChI=1S/C22H43O2/c1-2-3-4-5-6-7-8-9-10-11-12-13-14-15-16-17-18-19-20-21-22(23)24/h1-21H2,(H,23,24). The summed E-state index contributed by atoms with van der Waals surface area (Å²) >= 11 is 0. The van der Waals surface area contributed by atoms with E-state index in [0.29, 0.717) is 6.42 Å². The third-order valence-corrected chi connectivity index (χ3v) is 4.89. The molecule has 2 nitrogen and oxygen atoms in total. The number of carboxylic acids is 1. The molecule has 0 aromatic rings. The lowest BCUT2D eigenvalue weighted by Gasteiger charge is -2.03. The number of aliphatic carboxylic acids is 1. The molecular formula is C22H43O2. The van der Waals surface area contributed by atoms with Crippen molar-refractivity contribution in [2.75, 3.05) is 0 Å². The summed E-state index contributed by atoms with van der Waals surface area (Å²) in [4.78, 5) is 10.4. The number of carbonyl (C=O) groups is 1. The second-order valence-electron chi connectivity index (χ2n) is 7.36. The van der Waals surface area contributed by atoms with E-state index < -0.39 is 5.97 Å². The molecule has 0 aromatic heterocycles. The van der Waals surface area contributed by atoms with Crippen molar-refractivity contribution in [2.24, 2.45) is 0 Å². The van der Waals surface area contributed by atoms with Gasteiger partial charge in [0.2, 0.25) is 0 Å². The van der Waals surface area contributed by atoms with Gasteiger partial charge >= 0.3 is 5.97 Å². The highest BCUT2D eigenvalue weighted by molar-refractivity contribution is 5.66. The maximum absolute atomic E-state index is 10.4. The van der Waals surface area contributed by atoms with Crippen LogP contribution < -0.4 is 0 Å². The third kappa shape index (κ3) is 21.5. The van der Waals surface area contributed by atoms with Crippen LogP contribution in [-0.2, 0) is 4.79 Å². The van der Waals surface area contributed by atoms with Gasteiger partial charge in [0.1, 0.15) is 0 Å². The summed E-state index contributed by atoms with van der Waals surface area (Å²) in [6, 6.07) is 0. The first-order valence-corrected chi connectivity index (χ1v) is 10.8. The van der Waals surface area contributed by atoms with Crippen LogP contribution in [0.25, 0.3) is 0 Å². The summed E-state index contributed by atoms with van der Waals surface area (Å²) in [5.74, 6) is -0.653. The van der Waals surface area contributed by atoms with Crippen LogP contribution in [0.3, 0.4) is 0 Å². The normalized spacial score (nSPS) is 11.0. The van der Waals surface area contributed by atoms with E-state index in [1.165, 1.54) is 103 Å². The Balaban J connectivity index is 2.97. The van der Waals surface area contributed by atoms with E-state index in [9.17, 15) is 4.79 Å². The van der Waals surface area contributed by atoms with E-state index in [4.69, 9.17) is 5.11 Å². The summed E-state index contributed by atoms with van der Waals surface area (Å²) in [5.41, 5.74) is 0. The molecular weight excluding hydrogens is 296 g/mol. The van der Waals surface area contributed by atoms with Gasteiger partial charge < -0.3 is 5.11 Å². The van der Waals surface area contributed by atoms with Gasteiger partial charge in [-0.3, -0.25) is 4.79 Å². The highest BCUT2D eigenvalue weighted by atomic mass is 16.4. The minimum absolute atomic E-state index is 0.344. The Morgan fingerprint density at radius 3 is 1.00 bits per heavy atom. The molecule has 0 aliphatic carbocycles. The van der Waals surface area contributed by atoms with Crippen molar-refractivity contribution in [1.82, 2.24) is 0 Å². The minimum atomic E-state index is -0.653. The van der Waals surface area contributed by atoms with E-state index >= 15 is 0 Å². The Morgan fingerprint density at radius 1 is 0.500 bits per heavy atom. The zero-order chi connectivity index (χ0) is 17.7. The minimum Gasteiger partial charge on any atom is -0.481 e. The first-order valence-electron chi connectivity index (χ1n) is 10.8. The number of unbranched alkanes of at least 4 members (excludes halogenated alkanes) is 18. The highest BCUT2D eigenvalue weighted by Crippen LogP contribution is 2.14. The average Bonchev–Trinajstić information content (AvgIpc) is 2.56. The first kappa shape index (κ1) is 23.5. The van der Waals surface area contributed by atoms with Gasteiger partial charge in [-0.2, -0.15) is 0 Å². The fourth-order valence-electron chi connectivity index (χ4n) is 3.28. The molecule has 0 aliphatic heterocycles. The first-order chi connectivity index (χ1) is 11.8. The lowest BCUT2D eigenvalue weighted by Crippen LogP contribution is -1.93. The van der Waals surface area contributed by atoms with Crippen molar-refractivity contribution in [1.29, 1.82) is 0 Å². The highest BCUT2D eigenvalue weighted by Gasteiger charge is 1.97. The van der Waals surface area contributed by atoms with Gasteiger partial charge in [0.25, 0.3) is 0 Å². The Kier molecular flexibility index (Phi) is 20.1. The Hall–Kier alpha value is -0.530. The summed E-state index contributed by atoms with van der Waals surface area (Å²) in [6.07, 6.45) is 25.5. The van der Waals surface area contributed by atoms with Crippen molar-refractivity contribution >= 4 is 5.97 Å². The lowest BCUT2D eigenvalue weighted by molar-refractivity contribution is -0.137. The smallest absolute Gasteiger partial charge is 0.303 e. The van der Waals surface area contributed by atoms with Crippen LogP contribution in [0.1, 0.15) is 128 Å². The van der Waals surface area contributed by atoms with E-state index in [1.54, 1.807) is 0 Å². The van der Waals surface area contributed by atoms with Gasteiger partial charge in [0, 0.05) is 6.42 Å². The van der Waals surface area contributed by atoms with Crippen LogP contribution in [0.4, 0.5) is 0 Å². The average molecular weight is 340 g/mol. The predicted octanol–water partition coefficient (Wildman–Crippen LogP) is 7.71. The molecule has 0 bridgehead atoms. The lowest BCUT2D eigenvalue weighted by atomic mass is 10.0. The maximum atomic E-state index is 10.4. The zero-order valence-electron chi connectivity index (χ0n) is 16.2. The largest absolute Gasteiger partial charge is 0.481 e. The molecule has 0 aromatic carbocycles. The molecule has 0 rings (SSSR count). The Bertz CT molecular complexity index is 250. The third-order valence-electron chi connectivity index (χ3n) is 4.89. The maximum Gasteiger partial charge on any atom is 0.303 e. The van der Waals surface area contributed by atoms with Crippen LogP contribution in [0, 0.1) is 6.92 Å². The zero-order valence-corrected chi connectivity index (χ0v) is 16.2. The fourth-order valence-corrected chi connectivity index (χ4v) is 3.28. The summed E-state index contributed by atoms with van der Waals surface area (Å²) < 4.78 is 0. The van der Waals surface area contributed by atoms with Crippen LogP contribution in [-0.4, -0.2) is 11.1 Å². The Morgan fingerprint density at radius 2 is 0.750 bits per heavy atom. The molecule has 0 fully saturated rings. The topological polar surface area (TPSA) is 37.3 Å². The fraction of sp³-hybridized carbons (Fsp3) is 0.909. The van der Waals surface area contributed by atoms with Gasteiger partial charge in [-0.05, 0) is 6.42 Å². The number of hydrogen-bond acceptors (Lipinski definition) is 1. The van der Waals surface area contributed by atoms with Crippen molar-refractivity contribution in [3.05, 3.63) is 6.92 Å². The molecule has 0 aliphatic rings. The molecule has 1 N–H and O–H groups in total. The van der Waals surface area contributed by atoms with Crippen molar-refractivity contribution in [2.45, 2.75) is 128 Å². The molecule has 24 heavy (non-hydrogen) atoms. The van der Waals surface area contributed by atoms with Crippen LogP contribution in [0.15, 0.2) is 0 Å². The molecule has 0 unspecified atom stereocenters. The predicted molar refractivity (Wildman–Crippen MR) is 105 cm³/mol. The van der Waals surface area contributed by atoms with E-state index in [1.807, 2.05) is 0 Å². The van der Waals surface area contributed by atoms with Crippen LogP contribution in [0.2, 0.25) is 0 Å².